The van der Waals surface area contributed by atoms with E-state index in [2.05, 4.69) is 32.6 Å². The molecule has 2 unspecified atom stereocenters. The Morgan fingerprint density at radius 1 is 1.58 bits per heavy atom. The number of nitrogens with two attached hydrogens (primary N) is 1. The van der Waals surface area contributed by atoms with Crippen molar-refractivity contribution in [3.8, 4) is 0 Å². The Kier molecular flexibility index (Phi) is 2.79. The molecule has 0 aromatic rings. The Morgan fingerprint density at radius 3 is 2.25 bits per heavy atom. The van der Waals surface area contributed by atoms with Gasteiger partial charge in [0.1, 0.15) is 0 Å². The van der Waals surface area contributed by atoms with Gasteiger partial charge >= 0.3 is 0 Å². The molecule has 0 aliphatic carbocycles. The predicted octanol–water partition coefficient (Wildman–Crippen LogP) is 1.45. The van der Waals surface area contributed by atoms with Crippen molar-refractivity contribution >= 4 is 0 Å². The molecule has 2 atom stereocenters. The molecule has 0 saturated carbocycles. The summed E-state index contributed by atoms with van der Waals surface area (Å²) >= 11 is 0. The minimum Gasteiger partial charge on any atom is -0.329 e. The van der Waals surface area contributed by atoms with Crippen molar-refractivity contribution in [2.24, 2.45) is 11.7 Å². The molecule has 1 rings (SSSR count). The van der Waals surface area contributed by atoms with E-state index in [4.69, 9.17) is 5.73 Å². The van der Waals surface area contributed by atoms with E-state index >= 15 is 0 Å². The second-order valence-corrected chi connectivity index (χ2v) is 4.55. The van der Waals surface area contributed by atoms with Crippen LogP contribution in [0.3, 0.4) is 0 Å². The van der Waals surface area contributed by atoms with E-state index in [0.717, 1.165) is 12.6 Å². The van der Waals surface area contributed by atoms with Gasteiger partial charge in [0, 0.05) is 24.7 Å². The van der Waals surface area contributed by atoms with Crippen molar-refractivity contribution in [3.05, 3.63) is 0 Å². The number of likely N-dealkylation sites (tertiary alicyclic amines) is 1. The normalized spacial score (nSPS) is 30.0. The number of hydrogen-bond acceptors (Lipinski definition) is 2. The van der Waals surface area contributed by atoms with Crippen LogP contribution in [0.15, 0.2) is 0 Å². The minimum absolute atomic E-state index is 0.220. The molecule has 0 radical (unpaired) electrons. The molecule has 2 N–H and O–H groups in total. The molecule has 0 bridgehead atoms. The summed E-state index contributed by atoms with van der Waals surface area (Å²) in [6.07, 6.45) is 1.34. The van der Waals surface area contributed by atoms with Crippen molar-refractivity contribution in [1.82, 2.24) is 4.90 Å². The van der Waals surface area contributed by atoms with Crippen LogP contribution in [-0.2, 0) is 0 Å². The summed E-state index contributed by atoms with van der Waals surface area (Å²) in [5, 5.41) is 0. The third kappa shape index (κ3) is 1.38. The van der Waals surface area contributed by atoms with Gasteiger partial charge in [0.05, 0.1) is 0 Å². The molecule has 2 nitrogen and oxygen atoms in total. The first-order chi connectivity index (χ1) is 5.52. The molecule has 0 aromatic carbocycles. The number of nitrogens with zero attached hydrogens (tertiary/aromatic N) is 1. The van der Waals surface area contributed by atoms with Gasteiger partial charge in [-0.2, -0.15) is 0 Å². The fourth-order valence-electron chi connectivity index (χ4n) is 1.96. The summed E-state index contributed by atoms with van der Waals surface area (Å²) in [7, 11) is 0. The van der Waals surface area contributed by atoms with E-state index in [9.17, 15) is 0 Å². The highest BCUT2D eigenvalue weighted by Crippen LogP contribution is 2.32. The van der Waals surface area contributed by atoms with Crippen LogP contribution in [0.5, 0.6) is 0 Å². The zero-order chi connectivity index (χ0) is 9.35. The van der Waals surface area contributed by atoms with Crippen molar-refractivity contribution in [2.45, 2.75) is 45.7 Å². The van der Waals surface area contributed by atoms with E-state index in [1.807, 2.05) is 0 Å². The second-order valence-electron chi connectivity index (χ2n) is 4.55. The molecular weight excluding hydrogens is 148 g/mol. The standard InChI is InChI=1S/C10H22N2/c1-8(2)10(4,7-11)12-6-5-9(12)3/h8-9H,5-7,11H2,1-4H3. The molecule has 1 aliphatic rings. The van der Waals surface area contributed by atoms with Crippen LogP contribution in [-0.4, -0.2) is 29.6 Å². The van der Waals surface area contributed by atoms with E-state index < -0.39 is 0 Å². The van der Waals surface area contributed by atoms with Gasteiger partial charge in [0.2, 0.25) is 0 Å². The molecule has 72 valence electrons. The maximum atomic E-state index is 5.84. The Labute approximate surface area is 76.1 Å². The highest BCUT2D eigenvalue weighted by molar-refractivity contribution is 4.97. The fraction of sp³-hybridized carbons (Fsp3) is 1.00. The third-order valence-electron chi connectivity index (χ3n) is 3.63. The van der Waals surface area contributed by atoms with Crippen molar-refractivity contribution in [2.75, 3.05) is 13.1 Å². The van der Waals surface area contributed by atoms with Gasteiger partial charge in [-0.25, -0.2) is 0 Å². The van der Waals surface area contributed by atoms with Crippen LogP contribution in [0.25, 0.3) is 0 Å². The minimum atomic E-state index is 0.220. The molecular formula is C10H22N2. The molecule has 0 aromatic heterocycles. The van der Waals surface area contributed by atoms with Crippen LogP contribution in [0, 0.1) is 5.92 Å². The molecule has 1 heterocycles. The van der Waals surface area contributed by atoms with Crippen molar-refractivity contribution in [3.63, 3.8) is 0 Å². The quantitative estimate of drug-likeness (QED) is 0.694. The van der Waals surface area contributed by atoms with Crippen molar-refractivity contribution in [1.29, 1.82) is 0 Å². The Hall–Kier alpha value is -0.0800. The summed E-state index contributed by atoms with van der Waals surface area (Å²) in [4.78, 5) is 2.54. The summed E-state index contributed by atoms with van der Waals surface area (Å²) in [6, 6.07) is 0.737. The van der Waals surface area contributed by atoms with Gasteiger partial charge in [-0.15, -0.1) is 0 Å². The Morgan fingerprint density at radius 2 is 2.17 bits per heavy atom. The molecule has 1 aliphatic heterocycles. The van der Waals surface area contributed by atoms with Gasteiger partial charge in [-0.1, -0.05) is 13.8 Å². The van der Waals surface area contributed by atoms with Crippen LogP contribution < -0.4 is 5.73 Å². The predicted molar refractivity (Wildman–Crippen MR) is 53.1 cm³/mol. The van der Waals surface area contributed by atoms with E-state index in [0.29, 0.717) is 5.92 Å². The molecule has 0 amide bonds. The maximum absolute atomic E-state index is 5.84. The molecule has 12 heavy (non-hydrogen) atoms. The molecule has 0 spiro atoms. The second kappa shape index (κ2) is 3.35. The lowest BCUT2D eigenvalue weighted by atomic mass is 9.82. The molecule has 1 fully saturated rings. The summed E-state index contributed by atoms with van der Waals surface area (Å²) < 4.78 is 0. The highest BCUT2D eigenvalue weighted by Gasteiger charge is 2.40. The highest BCUT2D eigenvalue weighted by atomic mass is 15.3. The van der Waals surface area contributed by atoms with Gasteiger partial charge in [-0.05, 0) is 26.2 Å². The molecule has 1 saturated heterocycles. The topological polar surface area (TPSA) is 29.3 Å². The molecule has 2 heteroatoms. The summed E-state index contributed by atoms with van der Waals surface area (Å²) in [5.41, 5.74) is 6.06. The average molecular weight is 170 g/mol. The van der Waals surface area contributed by atoms with Crippen LogP contribution in [0.1, 0.15) is 34.1 Å². The van der Waals surface area contributed by atoms with E-state index in [-0.39, 0.29) is 5.54 Å². The van der Waals surface area contributed by atoms with E-state index in [1.54, 1.807) is 0 Å². The summed E-state index contributed by atoms with van der Waals surface area (Å²) in [5.74, 6) is 0.644. The number of rotatable bonds is 3. The Balaban J connectivity index is 2.65. The average Bonchev–Trinajstić information content (AvgIpc) is 2.01. The zero-order valence-corrected chi connectivity index (χ0v) is 8.80. The first-order valence-corrected chi connectivity index (χ1v) is 4.99. The van der Waals surface area contributed by atoms with Gasteiger partial charge in [0.25, 0.3) is 0 Å². The Bertz CT molecular complexity index is 156. The smallest absolute Gasteiger partial charge is 0.0329 e. The van der Waals surface area contributed by atoms with Gasteiger partial charge < -0.3 is 5.73 Å². The SMILES string of the molecule is CC1CCN1C(C)(CN)C(C)C. The third-order valence-corrected chi connectivity index (χ3v) is 3.63. The summed E-state index contributed by atoms with van der Waals surface area (Å²) in [6.45, 7) is 11.1. The van der Waals surface area contributed by atoms with Gasteiger partial charge in [-0.3, -0.25) is 4.90 Å². The largest absolute Gasteiger partial charge is 0.329 e. The lowest BCUT2D eigenvalue weighted by Crippen LogP contribution is -2.64. The maximum Gasteiger partial charge on any atom is 0.0329 e. The first-order valence-electron chi connectivity index (χ1n) is 4.99. The van der Waals surface area contributed by atoms with Crippen LogP contribution in [0.4, 0.5) is 0 Å². The van der Waals surface area contributed by atoms with Gasteiger partial charge in [0.15, 0.2) is 0 Å². The fourth-order valence-corrected chi connectivity index (χ4v) is 1.96. The lowest BCUT2D eigenvalue weighted by Gasteiger charge is -2.53. The zero-order valence-electron chi connectivity index (χ0n) is 8.80. The lowest BCUT2D eigenvalue weighted by molar-refractivity contribution is -0.0309. The first kappa shape index (κ1) is 10.0. The van der Waals surface area contributed by atoms with E-state index in [1.165, 1.54) is 13.0 Å². The van der Waals surface area contributed by atoms with Crippen LogP contribution >= 0.6 is 0 Å². The number of hydrogen-bond donors (Lipinski definition) is 1. The van der Waals surface area contributed by atoms with Crippen LogP contribution in [0.2, 0.25) is 0 Å². The monoisotopic (exact) mass is 170 g/mol. The van der Waals surface area contributed by atoms with Crippen molar-refractivity contribution < 1.29 is 0 Å².